The van der Waals surface area contributed by atoms with Crippen LogP contribution in [-0.4, -0.2) is 49.6 Å². The number of thiazole rings is 1. The van der Waals surface area contributed by atoms with E-state index in [-0.39, 0.29) is 11.5 Å². The first-order valence-electron chi connectivity index (χ1n) is 9.22. The highest BCUT2D eigenvalue weighted by molar-refractivity contribution is 7.18. The number of aromatic amines is 1. The Hall–Kier alpha value is -3.33. The molecule has 0 saturated heterocycles. The largest absolute Gasteiger partial charge is 0.343 e. The SMILES string of the molecule is CCCn1c(=O)ccc2c(-c3nc(C(=O)N(C)C)c(-c4cccnc4)s3)[nH]nc21. The molecule has 4 rings (SSSR count). The van der Waals surface area contributed by atoms with Gasteiger partial charge >= 0.3 is 0 Å². The molecular formula is C20H20N6O2S. The molecule has 4 aromatic heterocycles. The van der Waals surface area contributed by atoms with Crippen molar-refractivity contribution in [2.24, 2.45) is 0 Å². The second-order valence-electron chi connectivity index (χ2n) is 6.80. The Morgan fingerprint density at radius 2 is 2.10 bits per heavy atom. The zero-order valence-electron chi connectivity index (χ0n) is 16.3. The summed E-state index contributed by atoms with van der Waals surface area (Å²) in [6, 6.07) is 7.02. The minimum absolute atomic E-state index is 0.0870. The third-order valence-corrected chi connectivity index (χ3v) is 5.64. The van der Waals surface area contributed by atoms with Gasteiger partial charge in [-0.15, -0.1) is 11.3 Å². The number of hydrogen-bond acceptors (Lipinski definition) is 6. The van der Waals surface area contributed by atoms with Crippen molar-refractivity contribution in [2.45, 2.75) is 19.9 Å². The van der Waals surface area contributed by atoms with Gasteiger partial charge in [-0.1, -0.05) is 13.0 Å². The van der Waals surface area contributed by atoms with Gasteiger partial charge in [0.2, 0.25) is 0 Å². The summed E-state index contributed by atoms with van der Waals surface area (Å²) in [5, 5.41) is 8.81. The van der Waals surface area contributed by atoms with E-state index in [9.17, 15) is 9.59 Å². The number of amides is 1. The van der Waals surface area contributed by atoms with Crippen molar-refractivity contribution >= 4 is 28.3 Å². The summed E-state index contributed by atoms with van der Waals surface area (Å²) >= 11 is 1.40. The maximum atomic E-state index is 12.7. The van der Waals surface area contributed by atoms with E-state index in [1.807, 2.05) is 19.1 Å². The molecule has 0 spiro atoms. The molecule has 0 aliphatic carbocycles. The molecule has 8 nitrogen and oxygen atoms in total. The lowest BCUT2D eigenvalue weighted by Gasteiger charge is -2.09. The van der Waals surface area contributed by atoms with E-state index in [1.54, 1.807) is 43.2 Å². The van der Waals surface area contributed by atoms with Gasteiger partial charge in [-0.05, 0) is 18.6 Å². The van der Waals surface area contributed by atoms with Crippen molar-refractivity contribution in [2.75, 3.05) is 14.1 Å². The van der Waals surface area contributed by atoms with Crippen LogP contribution in [0.25, 0.3) is 32.2 Å². The molecule has 1 N–H and O–H groups in total. The summed E-state index contributed by atoms with van der Waals surface area (Å²) in [6.45, 7) is 2.60. The third-order valence-electron chi connectivity index (χ3n) is 4.52. The molecule has 0 aliphatic heterocycles. The summed E-state index contributed by atoms with van der Waals surface area (Å²) in [5.74, 6) is -0.182. The van der Waals surface area contributed by atoms with Crippen LogP contribution in [0.2, 0.25) is 0 Å². The van der Waals surface area contributed by atoms with Gasteiger partial charge in [-0.3, -0.25) is 24.2 Å². The highest BCUT2D eigenvalue weighted by atomic mass is 32.1. The van der Waals surface area contributed by atoms with Crippen molar-refractivity contribution in [3.8, 4) is 21.1 Å². The van der Waals surface area contributed by atoms with Gasteiger partial charge in [-0.25, -0.2) is 4.98 Å². The lowest BCUT2D eigenvalue weighted by atomic mass is 10.2. The fraction of sp³-hybridized carbons (Fsp3) is 0.250. The summed E-state index contributed by atoms with van der Waals surface area (Å²) in [5.41, 5.74) is 2.39. The van der Waals surface area contributed by atoms with Gasteiger partial charge in [0.1, 0.15) is 16.4 Å². The molecule has 0 saturated carbocycles. The van der Waals surface area contributed by atoms with E-state index in [4.69, 9.17) is 0 Å². The van der Waals surface area contributed by atoms with Crippen LogP contribution in [0.4, 0.5) is 0 Å². The van der Waals surface area contributed by atoms with Crippen molar-refractivity contribution in [1.29, 1.82) is 0 Å². The standard InChI is InChI=1S/C20H20N6O2S/c1-4-10-26-14(27)8-7-13-15(23-24-18(13)26)19-22-16(20(28)25(2)3)17(29-19)12-6-5-9-21-11-12/h5-9,11H,4,10H2,1-3H3,(H,23,24). The molecule has 0 unspecified atom stereocenters. The summed E-state index contributed by atoms with van der Waals surface area (Å²) in [6.07, 6.45) is 4.23. The molecule has 9 heteroatoms. The second kappa shape index (κ2) is 7.59. The first kappa shape index (κ1) is 19.0. The number of hydrogen-bond donors (Lipinski definition) is 1. The minimum atomic E-state index is -0.182. The van der Waals surface area contributed by atoms with Gasteiger partial charge in [0.05, 0.1) is 4.88 Å². The van der Waals surface area contributed by atoms with Crippen LogP contribution >= 0.6 is 11.3 Å². The third kappa shape index (κ3) is 3.33. The van der Waals surface area contributed by atoms with Gasteiger partial charge in [0, 0.05) is 50.0 Å². The van der Waals surface area contributed by atoms with Gasteiger partial charge < -0.3 is 4.90 Å². The van der Waals surface area contributed by atoms with E-state index in [2.05, 4.69) is 20.2 Å². The van der Waals surface area contributed by atoms with Crippen LogP contribution in [0.3, 0.4) is 0 Å². The quantitative estimate of drug-likeness (QED) is 0.547. The fourth-order valence-corrected chi connectivity index (χ4v) is 4.19. The van der Waals surface area contributed by atoms with Crippen LogP contribution in [0.5, 0.6) is 0 Å². The number of aryl methyl sites for hydroxylation is 1. The molecule has 0 radical (unpaired) electrons. The van der Waals surface area contributed by atoms with Crippen molar-refractivity contribution in [3.05, 3.63) is 52.7 Å². The number of aromatic nitrogens is 5. The summed E-state index contributed by atoms with van der Waals surface area (Å²) in [4.78, 5) is 36.0. The van der Waals surface area contributed by atoms with Crippen molar-refractivity contribution in [3.63, 3.8) is 0 Å². The van der Waals surface area contributed by atoms with Crippen LogP contribution in [0, 0.1) is 0 Å². The molecule has 4 heterocycles. The van der Waals surface area contributed by atoms with E-state index >= 15 is 0 Å². The maximum Gasteiger partial charge on any atom is 0.273 e. The van der Waals surface area contributed by atoms with Crippen LogP contribution in [0.15, 0.2) is 41.5 Å². The predicted octanol–water partition coefficient (Wildman–Crippen LogP) is 3.02. The first-order valence-corrected chi connectivity index (χ1v) is 10.0. The Bertz CT molecular complexity index is 1240. The molecule has 0 fully saturated rings. The number of carbonyl (C=O) groups excluding carboxylic acids is 1. The molecule has 4 aromatic rings. The van der Waals surface area contributed by atoms with Crippen LogP contribution < -0.4 is 5.56 Å². The second-order valence-corrected chi connectivity index (χ2v) is 7.80. The Labute approximate surface area is 170 Å². The lowest BCUT2D eigenvalue weighted by Crippen LogP contribution is -2.22. The first-order chi connectivity index (χ1) is 14.0. The number of pyridine rings is 2. The fourth-order valence-electron chi connectivity index (χ4n) is 3.13. The normalized spacial score (nSPS) is 11.1. The zero-order valence-corrected chi connectivity index (χ0v) is 17.2. The number of fused-ring (bicyclic) bond motifs is 1. The van der Waals surface area contributed by atoms with Crippen molar-refractivity contribution in [1.82, 2.24) is 29.6 Å². The number of nitrogens with one attached hydrogen (secondary N) is 1. The molecule has 29 heavy (non-hydrogen) atoms. The van der Waals surface area contributed by atoms with Gasteiger partial charge in [-0.2, -0.15) is 5.10 Å². The average molecular weight is 408 g/mol. The number of H-pyrrole nitrogens is 1. The van der Waals surface area contributed by atoms with Gasteiger partial charge in [0.15, 0.2) is 5.65 Å². The summed E-state index contributed by atoms with van der Waals surface area (Å²) in [7, 11) is 3.40. The molecule has 0 aliphatic rings. The Balaban J connectivity index is 1.91. The smallest absolute Gasteiger partial charge is 0.273 e. The molecule has 148 valence electrons. The van der Waals surface area contributed by atoms with E-state index in [0.29, 0.717) is 28.6 Å². The van der Waals surface area contributed by atoms with Crippen LogP contribution in [-0.2, 0) is 6.54 Å². The van der Waals surface area contributed by atoms with Crippen molar-refractivity contribution < 1.29 is 4.79 Å². The average Bonchev–Trinajstić information content (AvgIpc) is 3.34. The predicted molar refractivity (Wildman–Crippen MR) is 113 cm³/mol. The highest BCUT2D eigenvalue weighted by Gasteiger charge is 2.24. The highest BCUT2D eigenvalue weighted by Crippen LogP contribution is 2.37. The van der Waals surface area contributed by atoms with Crippen LogP contribution in [0.1, 0.15) is 23.8 Å². The van der Waals surface area contributed by atoms with E-state index in [0.717, 1.165) is 22.2 Å². The maximum absolute atomic E-state index is 12.7. The molecule has 0 atom stereocenters. The number of rotatable bonds is 5. The molecule has 1 amide bonds. The zero-order chi connectivity index (χ0) is 20.5. The summed E-state index contributed by atoms with van der Waals surface area (Å²) < 4.78 is 1.65. The Morgan fingerprint density at radius 3 is 2.79 bits per heavy atom. The van der Waals surface area contributed by atoms with E-state index < -0.39 is 0 Å². The number of carbonyl (C=O) groups is 1. The van der Waals surface area contributed by atoms with Gasteiger partial charge in [0.25, 0.3) is 11.5 Å². The minimum Gasteiger partial charge on any atom is -0.343 e. The lowest BCUT2D eigenvalue weighted by molar-refractivity contribution is 0.0823. The Kier molecular flexibility index (Phi) is 4.98. The molecule has 0 aromatic carbocycles. The molecular weight excluding hydrogens is 388 g/mol. The monoisotopic (exact) mass is 408 g/mol. The number of nitrogens with zero attached hydrogens (tertiary/aromatic N) is 5. The Morgan fingerprint density at radius 1 is 1.28 bits per heavy atom. The van der Waals surface area contributed by atoms with E-state index in [1.165, 1.54) is 16.2 Å². The molecule has 0 bridgehead atoms. The topological polar surface area (TPSA) is 96.8 Å².